The first-order valence-electron chi connectivity index (χ1n) is 5.38. The fourth-order valence-electron chi connectivity index (χ4n) is 1.25. The summed E-state index contributed by atoms with van der Waals surface area (Å²) in [5.41, 5.74) is 0.898. The normalized spacial score (nSPS) is 11.9. The molecule has 0 aliphatic carbocycles. The van der Waals surface area contributed by atoms with E-state index in [0.29, 0.717) is 5.65 Å². The molecular weight excluding hydrogens is 204 g/mol. The fraction of sp³-hybridized carbons (Fsp3) is 0.600. The molecule has 0 fully saturated rings. The van der Waals surface area contributed by atoms with Gasteiger partial charge in [0.25, 0.3) is 0 Å². The van der Waals surface area contributed by atoms with E-state index >= 15 is 0 Å². The van der Waals surface area contributed by atoms with Crippen molar-refractivity contribution in [3.63, 3.8) is 0 Å². The third-order valence-electron chi connectivity index (χ3n) is 2.81. The summed E-state index contributed by atoms with van der Waals surface area (Å²) in [6.45, 7) is 7.47. The first kappa shape index (κ1) is 10.8. The van der Waals surface area contributed by atoms with Gasteiger partial charge in [-0.3, -0.25) is 4.98 Å². The van der Waals surface area contributed by atoms with Crippen LogP contribution in [0.1, 0.15) is 27.2 Å². The highest BCUT2D eigenvalue weighted by atomic mass is 15.5. The van der Waals surface area contributed by atoms with Crippen LogP contribution in [-0.4, -0.2) is 31.6 Å². The van der Waals surface area contributed by atoms with Gasteiger partial charge in [0.05, 0.1) is 12.4 Å². The van der Waals surface area contributed by atoms with Crippen LogP contribution in [0.15, 0.2) is 12.4 Å². The third-order valence-corrected chi connectivity index (χ3v) is 2.81. The van der Waals surface area contributed by atoms with Gasteiger partial charge < -0.3 is 5.32 Å². The third kappa shape index (κ3) is 2.10. The van der Waals surface area contributed by atoms with E-state index in [-0.39, 0.29) is 5.41 Å². The van der Waals surface area contributed by atoms with Crippen molar-refractivity contribution < 1.29 is 0 Å². The molecule has 86 valence electrons. The van der Waals surface area contributed by atoms with Gasteiger partial charge in [-0.15, -0.1) is 5.10 Å². The van der Waals surface area contributed by atoms with E-state index in [4.69, 9.17) is 0 Å². The Bertz CT molecular complexity index is 475. The minimum Gasteiger partial charge on any atom is -0.368 e. The molecule has 16 heavy (non-hydrogen) atoms. The Morgan fingerprint density at radius 3 is 2.94 bits per heavy atom. The fourth-order valence-corrected chi connectivity index (χ4v) is 1.25. The maximum absolute atomic E-state index is 4.09. The molecule has 0 atom stereocenters. The van der Waals surface area contributed by atoms with Gasteiger partial charge in [0.1, 0.15) is 5.82 Å². The molecule has 0 saturated carbocycles. The highest BCUT2D eigenvalue weighted by molar-refractivity contribution is 5.43. The number of hydrogen-bond acceptors (Lipinski definition) is 5. The van der Waals surface area contributed by atoms with Crippen molar-refractivity contribution in [1.82, 2.24) is 25.0 Å². The number of tetrazole rings is 1. The number of nitrogens with zero attached hydrogens (tertiary/aromatic N) is 5. The molecule has 2 rings (SSSR count). The molecule has 0 amide bonds. The van der Waals surface area contributed by atoms with Crippen LogP contribution in [-0.2, 0) is 0 Å². The summed E-state index contributed by atoms with van der Waals surface area (Å²) in [7, 11) is 0. The van der Waals surface area contributed by atoms with E-state index in [1.54, 1.807) is 16.9 Å². The quantitative estimate of drug-likeness (QED) is 0.842. The van der Waals surface area contributed by atoms with Crippen LogP contribution in [0.25, 0.3) is 5.65 Å². The second-order valence-electron chi connectivity index (χ2n) is 4.61. The molecule has 6 nitrogen and oxygen atoms in total. The number of rotatable bonds is 4. The van der Waals surface area contributed by atoms with Crippen LogP contribution in [0.5, 0.6) is 0 Å². The number of fused-ring (bicyclic) bond motifs is 1. The Labute approximate surface area is 94.1 Å². The van der Waals surface area contributed by atoms with Crippen molar-refractivity contribution in [2.75, 3.05) is 11.9 Å². The Balaban J connectivity index is 2.18. The Morgan fingerprint density at radius 1 is 1.38 bits per heavy atom. The molecule has 2 aromatic heterocycles. The molecule has 0 aromatic carbocycles. The smallest absolute Gasteiger partial charge is 0.199 e. The average Bonchev–Trinajstić information content (AvgIpc) is 2.75. The molecule has 0 aliphatic heterocycles. The summed E-state index contributed by atoms with van der Waals surface area (Å²) in [6, 6.07) is 0. The second-order valence-corrected chi connectivity index (χ2v) is 4.61. The van der Waals surface area contributed by atoms with Crippen LogP contribution in [0.2, 0.25) is 0 Å². The molecule has 0 saturated heterocycles. The van der Waals surface area contributed by atoms with Crippen molar-refractivity contribution in [2.45, 2.75) is 27.2 Å². The zero-order valence-electron chi connectivity index (χ0n) is 9.80. The monoisotopic (exact) mass is 220 g/mol. The molecule has 0 bridgehead atoms. The van der Waals surface area contributed by atoms with Crippen LogP contribution in [0, 0.1) is 5.41 Å². The van der Waals surface area contributed by atoms with Crippen molar-refractivity contribution in [3.8, 4) is 0 Å². The first-order valence-corrected chi connectivity index (χ1v) is 5.38. The van der Waals surface area contributed by atoms with Crippen LogP contribution in [0.3, 0.4) is 0 Å². The van der Waals surface area contributed by atoms with Gasteiger partial charge in [0.2, 0.25) is 0 Å². The van der Waals surface area contributed by atoms with Gasteiger partial charge in [0, 0.05) is 6.54 Å². The zero-order chi connectivity index (χ0) is 11.6. The maximum Gasteiger partial charge on any atom is 0.199 e. The van der Waals surface area contributed by atoms with Gasteiger partial charge >= 0.3 is 0 Å². The lowest BCUT2D eigenvalue weighted by molar-refractivity contribution is 0.376. The minimum absolute atomic E-state index is 0.246. The van der Waals surface area contributed by atoms with Gasteiger partial charge in [-0.25, -0.2) is 0 Å². The Kier molecular flexibility index (Phi) is 2.72. The average molecular weight is 220 g/mol. The lowest BCUT2D eigenvalue weighted by Crippen LogP contribution is -2.23. The Morgan fingerprint density at radius 2 is 2.19 bits per heavy atom. The molecule has 6 heteroatoms. The maximum atomic E-state index is 4.09. The number of nitrogens with one attached hydrogen (secondary N) is 1. The van der Waals surface area contributed by atoms with Crippen molar-refractivity contribution >= 4 is 11.5 Å². The van der Waals surface area contributed by atoms with Crippen molar-refractivity contribution in [2.24, 2.45) is 5.41 Å². The summed E-state index contributed by atoms with van der Waals surface area (Å²) < 4.78 is 1.65. The topological polar surface area (TPSA) is 68.0 Å². The van der Waals surface area contributed by atoms with Gasteiger partial charge in [-0.1, -0.05) is 20.8 Å². The van der Waals surface area contributed by atoms with E-state index < -0.39 is 0 Å². The number of anilines is 1. The number of aromatic nitrogens is 5. The molecule has 1 N–H and O–H groups in total. The molecule has 2 aromatic rings. The molecule has 0 unspecified atom stereocenters. The van der Waals surface area contributed by atoms with Gasteiger partial charge in [-0.05, 0) is 22.3 Å². The summed E-state index contributed by atoms with van der Waals surface area (Å²) in [4.78, 5) is 4.09. The highest BCUT2D eigenvalue weighted by Crippen LogP contribution is 2.20. The van der Waals surface area contributed by atoms with Crippen LogP contribution in [0.4, 0.5) is 5.82 Å². The lowest BCUT2D eigenvalue weighted by atomic mass is 9.90. The lowest BCUT2D eigenvalue weighted by Gasteiger charge is -2.23. The van der Waals surface area contributed by atoms with Crippen molar-refractivity contribution in [3.05, 3.63) is 12.4 Å². The summed E-state index contributed by atoms with van der Waals surface area (Å²) in [5.74, 6) is 0.823. The summed E-state index contributed by atoms with van der Waals surface area (Å²) in [5, 5.41) is 14.7. The van der Waals surface area contributed by atoms with Gasteiger partial charge in [0.15, 0.2) is 5.65 Å². The zero-order valence-corrected chi connectivity index (χ0v) is 9.80. The molecule has 0 radical (unpaired) electrons. The molecule has 2 heterocycles. The van der Waals surface area contributed by atoms with E-state index in [2.05, 4.69) is 46.6 Å². The predicted molar refractivity (Wildman–Crippen MR) is 61.1 cm³/mol. The molecule has 0 spiro atoms. The van der Waals surface area contributed by atoms with Crippen LogP contribution >= 0.6 is 0 Å². The van der Waals surface area contributed by atoms with Gasteiger partial charge in [-0.2, -0.15) is 4.52 Å². The summed E-state index contributed by atoms with van der Waals surface area (Å²) in [6.07, 6.45) is 4.48. The minimum atomic E-state index is 0.246. The second kappa shape index (κ2) is 4.03. The largest absolute Gasteiger partial charge is 0.368 e. The molecular formula is C10H16N6. The Hall–Kier alpha value is -1.72. The van der Waals surface area contributed by atoms with E-state index in [1.165, 1.54) is 0 Å². The standard InChI is InChI=1S/C10H16N6/c1-4-10(2,3)7-12-8-5-11-6-9-13-14-15-16(8)9/h5-6,12H,4,7H2,1-3H3. The van der Waals surface area contributed by atoms with E-state index in [1.807, 2.05) is 0 Å². The number of hydrogen-bond donors (Lipinski definition) is 1. The first-order chi connectivity index (χ1) is 7.62. The van der Waals surface area contributed by atoms with E-state index in [9.17, 15) is 0 Å². The van der Waals surface area contributed by atoms with Crippen LogP contribution < -0.4 is 5.32 Å². The van der Waals surface area contributed by atoms with E-state index in [0.717, 1.165) is 18.8 Å². The highest BCUT2D eigenvalue weighted by Gasteiger charge is 2.15. The van der Waals surface area contributed by atoms with Crippen molar-refractivity contribution in [1.29, 1.82) is 0 Å². The predicted octanol–water partition coefficient (Wildman–Crippen LogP) is 1.37. The summed E-state index contributed by atoms with van der Waals surface area (Å²) >= 11 is 0. The molecule has 0 aliphatic rings. The SMILES string of the molecule is CCC(C)(C)CNc1cncc2nnnn12.